The minimum atomic E-state index is -1.92. The molecule has 2 aliphatic heterocycles. The number of hydrogen-bond donors (Lipinski definition) is 1. The highest BCUT2D eigenvalue weighted by molar-refractivity contribution is 8.18. The second-order valence-corrected chi connectivity index (χ2v) is 14.7. The van der Waals surface area contributed by atoms with Crippen LogP contribution in [0.3, 0.4) is 0 Å². The van der Waals surface area contributed by atoms with E-state index < -0.39 is 8.32 Å². The van der Waals surface area contributed by atoms with Crippen molar-refractivity contribution in [3.8, 4) is 0 Å². The van der Waals surface area contributed by atoms with E-state index in [0.717, 1.165) is 11.5 Å². The molecular weight excluding hydrogens is 334 g/mol. The summed E-state index contributed by atoms with van der Waals surface area (Å²) < 4.78 is 6.38. The number of amides is 1. The molecule has 0 aliphatic carbocycles. The summed E-state index contributed by atoms with van der Waals surface area (Å²) in [6.45, 7) is 13.0. The molecule has 1 amide bonds. The fourth-order valence-corrected chi connectivity index (χ4v) is 6.52. The van der Waals surface area contributed by atoms with Crippen LogP contribution >= 0.6 is 23.5 Å². The Morgan fingerprint density at radius 2 is 1.91 bits per heavy atom. The van der Waals surface area contributed by atoms with Crippen LogP contribution in [0.2, 0.25) is 18.1 Å². The lowest BCUT2D eigenvalue weighted by Gasteiger charge is -2.47. The molecule has 7 heteroatoms. The van der Waals surface area contributed by atoms with Gasteiger partial charge in [-0.2, -0.15) is 0 Å². The molecule has 0 aromatic carbocycles. The van der Waals surface area contributed by atoms with Gasteiger partial charge in [-0.1, -0.05) is 32.5 Å². The van der Waals surface area contributed by atoms with E-state index in [4.69, 9.17) is 4.43 Å². The van der Waals surface area contributed by atoms with E-state index >= 15 is 0 Å². The maximum atomic E-state index is 12.1. The van der Waals surface area contributed by atoms with Crippen molar-refractivity contribution in [2.45, 2.75) is 63.2 Å². The van der Waals surface area contributed by atoms with Crippen molar-refractivity contribution in [2.24, 2.45) is 5.92 Å². The van der Waals surface area contributed by atoms with Crippen LogP contribution in [0.1, 0.15) is 27.7 Å². The smallest absolute Gasteiger partial charge is 0.228 e. The van der Waals surface area contributed by atoms with Crippen LogP contribution in [-0.4, -0.2) is 48.2 Å². The first kappa shape index (κ1) is 18.4. The molecule has 0 radical (unpaired) electrons. The van der Waals surface area contributed by atoms with Crippen LogP contribution < -0.4 is 5.32 Å². The predicted molar refractivity (Wildman–Crippen MR) is 96.9 cm³/mol. The van der Waals surface area contributed by atoms with Crippen molar-refractivity contribution < 1.29 is 14.0 Å². The quantitative estimate of drug-likeness (QED) is 0.616. The Balaban J connectivity index is 2.06. The van der Waals surface area contributed by atoms with Crippen LogP contribution in [0, 0.1) is 5.92 Å². The Morgan fingerprint density at radius 1 is 1.27 bits per heavy atom. The van der Waals surface area contributed by atoms with E-state index in [1.54, 1.807) is 11.8 Å². The summed E-state index contributed by atoms with van der Waals surface area (Å²) in [4.78, 5) is 24.2. The van der Waals surface area contributed by atoms with Gasteiger partial charge in [0.05, 0.1) is 23.3 Å². The van der Waals surface area contributed by atoms with Gasteiger partial charge in [0, 0.05) is 11.5 Å². The largest absolute Gasteiger partial charge is 0.413 e. The van der Waals surface area contributed by atoms with Gasteiger partial charge in [0.25, 0.3) is 0 Å². The zero-order valence-electron chi connectivity index (χ0n) is 14.3. The fraction of sp³-hybridized carbons (Fsp3) is 0.867. The third-order valence-corrected chi connectivity index (χ3v) is 12.2. The number of carbonyl (C=O) groups is 2. The summed E-state index contributed by atoms with van der Waals surface area (Å²) in [6.07, 6.45) is -0.139. The minimum absolute atomic E-state index is 0.0279. The summed E-state index contributed by atoms with van der Waals surface area (Å²) in [5.74, 6) is 1.67. The Bertz CT molecular complexity index is 464. The number of carbonyl (C=O) groups excluding carboxylic acids is 2. The second kappa shape index (κ2) is 6.49. The highest BCUT2D eigenvalue weighted by Gasteiger charge is 2.52. The monoisotopic (exact) mass is 361 g/mol. The van der Waals surface area contributed by atoms with E-state index in [0.29, 0.717) is 0 Å². The summed E-state index contributed by atoms with van der Waals surface area (Å²) in [5, 5.41) is 3.13. The molecule has 0 spiro atoms. The summed E-state index contributed by atoms with van der Waals surface area (Å²) >= 11 is 3.07. The first-order valence-corrected chi connectivity index (χ1v) is 12.8. The lowest BCUT2D eigenvalue weighted by atomic mass is 9.84. The first-order chi connectivity index (χ1) is 10.0. The fourth-order valence-electron chi connectivity index (χ4n) is 2.62. The van der Waals surface area contributed by atoms with Crippen LogP contribution in [-0.2, 0) is 14.0 Å². The first-order valence-electron chi connectivity index (χ1n) is 7.81. The van der Waals surface area contributed by atoms with Gasteiger partial charge in [0.1, 0.15) is 0 Å². The standard InChI is InChI=1S/C15H27NO3S2Si/c1-9(19-22(5,6)15(2,3)4)10-11(16-13(10)17)12-14(18)21-8-7-20-12/h9-12H,7-8H2,1-6H3,(H,16,17)/t9-,10-,11+,12-/m1/s1. The molecule has 4 atom stereocenters. The van der Waals surface area contributed by atoms with Gasteiger partial charge in [0.2, 0.25) is 11.0 Å². The third-order valence-electron chi connectivity index (χ3n) is 4.97. The molecule has 2 fully saturated rings. The lowest BCUT2D eigenvalue weighted by molar-refractivity contribution is -0.140. The Kier molecular flexibility index (Phi) is 5.42. The SMILES string of the molecule is C[C@@H](O[Si](C)(C)C(C)(C)C)[C@H]1C(=O)N[C@@H]1[C@H]1SCCSC1=O. The molecular formula is C15H27NO3S2Si. The topological polar surface area (TPSA) is 55.4 Å². The number of thioether (sulfide) groups is 2. The van der Waals surface area contributed by atoms with Gasteiger partial charge in [-0.15, -0.1) is 11.8 Å². The van der Waals surface area contributed by atoms with Gasteiger partial charge in [-0.25, -0.2) is 0 Å². The van der Waals surface area contributed by atoms with E-state index in [1.165, 1.54) is 11.8 Å². The summed E-state index contributed by atoms with van der Waals surface area (Å²) in [7, 11) is -1.92. The van der Waals surface area contributed by atoms with Crippen LogP contribution in [0.15, 0.2) is 0 Å². The third kappa shape index (κ3) is 3.57. The Morgan fingerprint density at radius 3 is 2.41 bits per heavy atom. The van der Waals surface area contributed by atoms with E-state index in [1.807, 2.05) is 6.92 Å². The van der Waals surface area contributed by atoms with Crippen molar-refractivity contribution in [3.63, 3.8) is 0 Å². The van der Waals surface area contributed by atoms with Gasteiger partial charge in [0.15, 0.2) is 8.32 Å². The van der Waals surface area contributed by atoms with E-state index in [2.05, 4.69) is 39.2 Å². The second-order valence-electron chi connectivity index (χ2n) is 7.60. The van der Waals surface area contributed by atoms with E-state index in [-0.39, 0.29) is 39.4 Å². The molecule has 126 valence electrons. The Labute approximate surface area is 143 Å². The minimum Gasteiger partial charge on any atom is -0.413 e. The van der Waals surface area contributed by atoms with Crippen molar-refractivity contribution >= 4 is 42.9 Å². The zero-order valence-corrected chi connectivity index (χ0v) is 16.9. The number of nitrogens with one attached hydrogen (secondary N) is 1. The molecule has 22 heavy (non-hydrogen) atoms. The molecule has 0 aromatic heterocycles. The number of hydrogen-bond acceptors (Lipinski definition) is 5. The molecule has 4 nitrogen and oxygen atoms in total. The van der Waals surface area contributed by atoms with Crippen LogP contribution in [0.4, 0.5) is 0 Å². The zero-order chi connectivity index (χ0) is 16.7. The number of β-lactam (4-membered cyclic amide) rings is 1. The highest BCUT2D eigenvalue weighted by Crippen LogP contribution is 2.41. The molecule has 2 aliphatic rings. The number of rotatable bonds is 4. The predicted octanol–water partition coefficient (Wildman–Crippen LogP) is 2.89. The van der Waals surface area contributed by atoms with Gasteiger partial charge < -0.3 is 9.74 Å². The Hall–Kier alpha value is 0.0169. The van der Waals surface area contributed by atoms with E-state index in [9.17, 15) is 9.59 Å². The molecule has 0 unspecified atom stereocenters. The maximum absolute atomic E-state index is 12.1. The maximum Gasteiger partial charge on any atom is 0.228 e. The van der Waals surface area contributed by atoms with Crippen molar-refractivity contribution in [1.82, 2.24) is 5.32 Å². The van der Waals surface area contributed by atoms with Crippen molar-refractivity contribution in [1.29, 1.82) is 0 Å². The molecule has 1 N–H and O–H groups in total. The molecule has 0 saturated carbocycles. The average molecular weight is 362 g/mol. The molecule has 2 rings (SSSR count). The van der Waals surface area contributed by atoms with Gasteiger partial charge in [-0.05, 0) is 25.1 Å². The highest BCUT2D eigenvalue weighted by atomic mass is 32.2. The summed E-state index contributed by atoms with van der Waals surface area (Å²) in [5.41, 5.74) is 0. The normalized spacial score (nSPS) is 31.5. The van der Waals surface area contributed by atoms with Gasteiger partial charge in [-0.3, -0.25) is 9.59 Å². The average Bonchev–Trinajstić information content (AvgIpc) is 2.34. The molecule has 0 aromatic rings. The lowest BCUT2D eigenvalue weighted by Crippen LogP contribution is -2.68. The van der Waals surface area contributed by atoms with Crippen molar-refractivity contribution in [2.75, 3.05) is 11.5 Å². The van der Waals surface area contributed by atoms with Crippen LogP contribution in [0.5, 0.6) is 0 Å². The summed E-state index contributed by atoms with van der Waals surface area (Å²) in [6, 6.07) is -0.0717. The van der Waals surface area contributed by atoms with Crippen LogP contribution in [0.25, 0.3) is 0 Å². The molecule has 0 bridgehead atoms. The van der Waals surface area contributed by atoms with Crippen molar-refractivity contribution in [3.05, 3.63) is 0 Å². The molecule has 2 saturated heterocycles. The molecule has 2 heterocycles. The van der Waals surface area contributed by atoms with Gasteiger partial charge >= 0.3 is 0 Å².